The Morgan fingerprint density at radius 3 is 3.07 bits per heavy atom. The molecule has 9 heteroatoms. The minimum atomic E-state index is -0.277. The van der Waals surface area contributed by atoms with Crippen LogP contribution in [-0.4, -0.2) is 43.6 Å². The van der Waals surface area contributed by atoms with Crippen LogP contribution in [0.4, 0.5) is 5.82 Å². The van der Waals surface area contributed by atoms with E-state index in [2.05, 4.69) is 35.4 Å². The van der Waals surface area contributed by atoms with Crippen molar-refractivity contribution in [1.82, 2.24) is 30.5 Å². The van der Waals surface area contributed by atoms with Crippen LogP contribution in [0, 0.1) is 0 Å². The zero-order valence-corrected chi connectivity index (χ0v) is 15.6. The zero-order valence-electron chi connectivity index (χ0n) is 15.6. The summed E-state index contributed by atoms with van der Waals surface area (Å²) in [4.78, 5) is 28.1. The van der Waals surface area contributed by atoms with Gasteiger partial charge in [-0.2, -0.15) is 0 Å². The molecule has 4 heterocycles. The summed E-state index contributed by atoms with van der Waals surface area (Å²) in [6.45, 7) is 1.05. The Morgan fingerprint density at radius 2 is 2.17 bits per heavy atom. The lowest BCUT2D eigenvalue weighted by atomic mass is 10.2. The van der Waals surface area contributed by atoms with E-state index in [1.165, 1.54) is 0 Å². The van der Waals surface area contributed by atoms with Gasteiger partial charge < -0.3 is 14.6 Å². The lowest BCUT2D eigenvalue weighted by Gasteiger charge is -2.25. The number of amides is 1. The molecule has 146 valence electrons. The summed E-state index contributed by atoms with van der Waals surface area (Å²) in [5.41, 5.74) is 0.871. The molecule has 1 atom stereocenters. The second-order valence-corrected chi connectivity index (χ2v) is 6.87. The highest BCUT2D eigenvalue weighted by Crippen LogP contribution is 2.29. The topological polar surface area (TPSA) is 113 Å². The molecule has 0 bridgehead atoms. The fraction of sp³-hybridized carbons (Fsp3) is 0.250. The molecule has 0 aliphatic carbocycles. The molecule has 0 unspecified atom stereocenters. The zero-order chi connectivity index (χ0) is 19.6. The Hall–Kier alpha value is -3.75. The molecule has 0 radical (unpaired) electrons. The van der Waals surface area contributed by atoms with Crippen LogP contribution in [0.5, 0.6) is 0 Å². The van der Waals surface area contributed by atoms with E-state index in [1.54, 1.807) is 24.7 Å². The van der Waals surface area contributed by atoms with Crippen molar-refractivity contribution in [3.63, 3.8) is 0 Å². The van der Waals surface area contributed by atoms with Crippen molar-refractivity contribution < 1.29 is 9.21 Å². The fourth-order valence-electron chi connectivity index (χ4n) is 3.69. The van der Waals surface area contributed by atoms with Crippen LogP contribution in [0.15, 0.2) is 53.4 Å². The number of nitrogens with zero attached hydrogens (tertiary/aromatic N) is 5. The van der Waals surface area contributed by atoms with Crippen LogP contribution >= 0.6 is 0 Å². The van der Waals surface area contributed by atoms with Crippen molar-refractivity contribution in [3.8, 4) is 11.6 Å². The van der Waals surface area contributed by atoms with E-state index in [-0.39, 0.29) is 18.5 Å². The highest BCUT2D eigenvalue weighted by Gasteiger charge is 2.32. The molecular formula is C20H19N7O2. The molecule has 29 heavy (non-hydrogen) atoms. The number of furan rings is 1. The van der Waals surface area contributed by atoms with Gasteiger partial charge in [-0.25, -0.2) is 15.0 Å². The molecule has 4 aromatic rings. The smallest absolute Gasteiger partial charge is 0.243 e. The third-order valence-electron chi connectivity index (χ3n) is 5.05. The largest absolute Gasteiger partial charge is 0.461 e. The second kappa shape index (κ2) is 7.34. The van der Waals surface area contributed by atoms with Crippen LogP contribution < -0.4 is 10.2 Å². The molecule has 1 amide bonds. The summed E-state index contributed by atoms with van der Waals surface area (Å²) in [5.74, 6) is 2.36. The van der Waals surface area contributed by atoms with Gasteiger partial charge in [-0.3, -0.25) is 9.89 Å². The summed E-state index contributed by atoms with van der Waals surface area (Å²) < 4.78 is 5.29. The first-order valence-electron chi connectivity index (χ1n) is 9.49. The number of carbonyl (C=O) groups is 1. The maximum atomic E-state index is 12.9. The Labute approximate surface area is 166 Å². The molecule has 9 nitrogen and oxygen atoms in total. The normalized spacial score (nSPS) is 16.4. The summed E-state index contributed by atoms with van der Waals surface area (Å²) >= 11 is 0. The van der Waals surface area contributed by atoms with Crippen molar-refractivity contribution in [1.29, 1.82) is 0 Å². The minimum Gasteiger partial charge on any atom is -0.461 e. The van der Waals surface area contributed by atoms with Gasteiger partial charge in [0.15, 0.2) is 5.76 Å². The van der Waals surface area contributed by atoms with Gasteiger partial charge in [-0.15, -0.1) is 5.10 Å². The number of para-hydroxylation sites is 1. The number of aromatic nitrogens is 5. The average molecular weight is 389 g/mol. The Bertz CT molecular complexity index is 1130. The molecule has 3 aromatic heterocycles. The first-order valence-corrected chi connectivity index (χ1v) is 9.49. The van der Waals surface area contributed by atoms with E-state index in [9.17, 15) is 4.79 Å². The molecule has 1 aromatic carbocycles. The number of H-pyrrole nitrogens is 1. The summed E-state index contributed by atoms with van der Waals surface area (Å²) in [5, 5.41) is 10.9. The molecule has 1 fully saturated rings. The maximum absolute atomic E-state index is 12.9. The van der Waals surface area contributed by atoms with Gasteiger partial charge >= 0.3 is 0 Å². The Kier molecular flexibility index (Phi) is 4.39. The minimum absolute atomic E-state index is 0.0545. The number of nitrogens with one attached hydrogen (secondary N) is 2. The SMILES string of the molecule is O=C(NCc1nc(-c2ccco2)n[nH]1)[C@H]1CCCN1c1ncnc2ccccc12. The maximum Gasteiger partial charge on any atom is 0.243 e. The van der Waals surface area contributed by atoms with Crippen molar-refractivity contribution in [3.05, 3.63) is 54.8 Å². The highest BCUT2D eigenvalue weighted by atomic mass is 16.3. The second-order valence-electron chi connectivity index (χ2n) is 6.87. The van der Waals surface area contributed by atoms with Gasteiger partial charge in [0.1, 0.15) is 24.0 Å². The molecule has 0 saturated carbocycles. The van der Waals surface area contributed by atoms with Crippen LogP contribution in [-0.2, 0) is 11.3 Å². The molecule has 2 N–H and O–H groups in total. The summed E-state index contributed by atoms with van der Waals surface area (Å²) in [7, 11) is 0. The van der Waals surface area contributed by atoms with Crippen molar-refractivity contribution >= 4 is 22.6 Å². The van der Waals surface area contributed by atoms with Crippen molar-refractivity contribution in [2.75, 3.05) is 11.4 Å². The highest BCUT2D eigenvalue weighted by molar-refractivity contribution is 5.93. The molecular weight excluding hydrogens is 370 g/mol. The van der Waals surface area contributed by atoms with Crippen LogP contribution in [0.25, 0.3) is 22.5 Å². The predicted molar refractivity (Wildman–Crippen MR) is 106 cm³/mol. The Balaban J connectivity index is 1.30. The van der Waals surface area contributed by atoms with Crippen LogP contribution in [0.1, 0.15) is 18.7 Å². The lowest BCUT2D eigenvalue weighted by Crippen LogP contribution is -2.43. The predicted octanol–water partition coefficient (Wildman–Crippen LogP) is 2.29. The van der Waals surface area contributed by atoms with Crippen molar-refractivity contribution in [2.45, 2.75) is 25.4 Å². The molecule has 5 rings (SSSR count). The van der Waals surface area contributed by atoms with Gasteiger partial charge in [0, 0.05) is 11.9 Å². The first kappa shape index (κ1) is 17.4. The molecule has 1 aliphatic rings. The van der Waals surface area contributed by atoms with Gasteiger partial charge in [0.05, 0.1) is 18.3 Å². The van der Waals surface area contributed by atoms with Gasteiger partial charge in [0.2, 0.25) is 11.7 Å². The van der Waals surface area contributed by atoms with E-state index < -0.39 is 0 Å². The quantitative estimate of drug-likeness (QED) is 0.538. The first-order chi connectivity index (χ1) is 14.3. The number of hydrogen-bond donors (Lipinski definition) is 2. The summed E-state index contributed by atoms with van der Waals surface area (Å²) in [6.07, 6.45) is 4.83. The Morgan fingerprint density at radius 1 is 1.24 bits per heavy atom. The average Bonchev–Trinajstić information content (AvgIpc) is 3.52. The number of benzene rings is 1. The van der Waals surface area contributed by atoms with E-state index in [1.807, 2.05) is 24.3 Å². The third kappa shape index (κ3) is 3.31. The number of anilines is 1. The van der Waals surface area contributed by atoms with E-state index in [0.29, 0.717) is 17.4 Å². The number of carbonyl (C=O) groups excluding carboxylic acids is 1. The summed E-state index contributed by atoms with van der Waals surface area (Å²) in [6, 6.07) is 11.1. The van der Waals surface area contributed by atoms with Crippen LogP contribution in [0.3, 0.4) is 0 Å². The fourth-order valence-corrected chi connectivity index (χ4v) is 3.69. The van der Waals surface area contributed by atoms with E-state index >= 15 is 0 Å². The van der Waals surface area contributed by atoms with E-state index in [4.69, 9.17) is 4.42 Å². The molecule has 1 aliphatic heterocycles. The van der Waals surface area contributed by atoms with Gasteiger partial charge in [-0.05, 0) is 37.1 Å². The number of fused-ring (bicyclic) bond motifs is 1. The number of aromatic amines is 1. The van der Waals surface area contributed by atoms with Gasteiger partial charge in [0.25, 0.3) is 0 Å². The lowest BCUT2D eigenvalue weighted by molar-refractivity contribution is -0.122. The molecule has 1 saturated heterocycles. The van der Waals surface area contributed by atoms with Gasteiger partial charge in [-0.1, -0.05) is 12.1 Å². The third-order valence-corrected chi connectivity index (χ3v) is 5.05. The van der Waals surface area contributed by atoms with Crippen LogP contribution in [0.2, 0.25) is 0 Å². The van der Waals surface area contributed by atoms with E-state index in [0.717, 1.165) is 36.1 Å². The molecule has 0 spiro atoms. The number of rotatable bonds is 5. The number of hydrogen-bond acceptors (Lipinski definition) is 7. The standard InChI is InChI=1S/C20H19N7O2/c28-20(21-11-17-24-18(26-25-17)16-8-4-10-29-16)15-7-3-9-27(15)19-13-5-1-2-6-14(13)22-12-23-19/h1-2,4-6,8,10,12,15H,3,7,9,11H2,(H,21,28)(H,24,25,26)/t15-/m1/s1. The van der Waals surface area contributed by atoms with Crippen molar-refractivity contribution in [2.24, 2.45) is 0 Å². The monoisotopic (exact) mass is 389 g/mol.